The van der Waals surface area contributed by atoms with Crippen molar-refractivity contribution < 1.29 is 18.8 Å². The third-order valence-electron chi connectivity index (χ3n) is 7.42. The second-order valence-electron chi connectivity index (χ2n) is 9.87. The van der Waals surface area contributed by atoms with E-state index in [2.05, 4.69) is 25.7 Å². The number of nitrogens with zero attached hydrogens (tertiary/aromatic N) is 4. The zero-order valence-electron chi connectivity index (χ0n) is 21.4. The summed E-state index contributed by atoms with van der Waals surface area (Å²) in [6.45, 7) is 4.30. The number of hydrogen-bond donors (Lipinski definition) is 2. The summed E-state index contributed by atoms with van der Waals surface area (Å²) >= 11 is 0. The number of fused-ring (bicyclic) bond motifs is 3. The van der Waals surface area contributed by atoms with Crippen LogP contribution in [0.25, 0.3) is 5.65 Å². The van der Waals surface area contributed by atoms with Crippen molar-refractivity contribution in [1.82, 2.24) is 25.2 Å². The van der Waals surface area contributed by atoms with Gasteiger partial charge in [0.05, 0.1) is 18.8 Å². The molecule has 3 heterocycles. The maximum absolute atomic E-state index is 14.5. The SMILES string of the molecule is CC(=O)c1ccc2c(c1C)CC[C@@H]2NC(=O)c1cc(C(=O)NCc2ccc3c(c2)CN=C3)nc2c(F)cnn12. The molecule has 10 heteroatoms. The van der Waals surface area contributed by atoms with Crippen molar-refractivity contribution in [2.24, 2.45) is 4.99 Å². The Morgan fingerprint density at radius 2 is 1.97 bits per heavy atom. The number of halogens is 1. The molecule has 0 spiro atoms. The molecule has 196 valence electrons. The Labute approximate surface area is 223 Å². The number of Topliss-reactive ketones (excluding diaryl/α,β-unsaturated/α-hetero) is 1. The third-order valence-corrected chi connectivity index (χ3v) is 7.42. The lowest BCUT2D eigenvalue weighted by Crippen LogP contribution is -2.30. The molecule has 0 unspecified atom stereocenters. The van der Waals surface area contributed by atoms with E-state index in [9.17, 15) is 18.8 Å². The maximum atomic E-state index is 14.5. The zero-order chi connectivity index (χ0) is 27.3. The van der Waals surface area contributed by atoms with Gasteiger partial charge in [0.2, 0.25) is 0 Å². The first-order valence-corrected chi connectivity index (χ1v) is 12.7. The Balaban J connectivity index is 1.25. The van der Waals surface area contributed by atoms with Crippen molar-refractivity contribution >= 4 is 29.5 Å². The highest BCUT2D eigenvalue weighted by Crippen LogP contribution is 2.35. The van der Waals surface area contributed by atoms with Crippen molar-refractivity contribution in [3.8, 4) is 0 Å². The molecule has 0 fully saturated rings. The van der Waals surface area contributed by atoms with Crippen LogP contribution < -0.4 is 10.6 Å². The second-order valence-corrected chi connectivity index (χ2v) is 9.87. The minimum Gasteiger partial charge on any atom is -0.347 e. The number of carbonyl (C=O) groups is 3. The summed E-state index contributed by atoms with van der Waals surface area (Å²) in [5, 5.41) is 9.77. The van der Waals surface area contributed by atoms with E-state index >= 15 is 0 Å². The van der Waals surface area contributed by atoms with Gasteiger partial charge in [-0.05, 0) is 60.1 Å². The van der Waals surface area contributed by atoms with E-state index in [1.54, 1.807) is 6.07 Å². The molecule has 1 aliphatic heterocycles. The molecule has 1 atom stereocenters. The number of ketones is 1. The molecule has 2 N–H and O–H groups in total. The van der Waals surface area contributed by atoms with E-state index < -0.39 is 17.6 Å². The molecule has 0 saturated heterocycles. The molecule has 2 aromatic heterocycles. The number of hydrogen-bond acceptors (Lipinski definition) is 6. The number of aliphatic imine (C=N–C) groups is 1. The van der Waals surface area contributed by atoms with E-state index in [1.807, 2.05) is 37.4 Å². The first-order valence-electron chi connectivity index (χ1n) is 12.7. The number of aromatic nitrogens is 3. The minimum atomic E-state index is -0.740. The van der Waals surface area contributed by atoms with Crippen LogP contribution in [0.2, 0.25) is 0 Å². The van der Waals surface area contributed by atoms with Crippen molar-refractivity contribution in [2.45, 2.75) is 45.8 Å². The molecule has 1 aliphatic carbocycles. The van der Waals surface area contributed by atoms with Crippen LogP contribution in [-0.2, 0) is 19.5 Å². The lowest BCUT2D eigenvalue weighted by molar-refractivity contribution is 0.0927. The average Bonchev–Trinajstić information content (AvgIpc) is 3.65. The van der Waals surface area contributed by atoms with Gasteiger partial charge in [-0.2, -0.15) is 5.10 Å². The maximum Gasteiger partial charge on any atom is 0.270 e. The molecule has 2 amide bonds. The highest BCUT2D eigenvalue weighted by Gasteiger charge is 2.29. The van der Waals surface area contributed by atoms with Crippen LogP contribution in [0.1, 0.15) is 84.1 Å². The fourth-order valence-electron chi connectivity index (χ4n) is 5.41. The van der Waals surface area contributed by atoms with Crippen LogP contribution in [0.4, 0.5) is 4.39 Å². The minimum absolute atomic E-state index is 0.00123. The largest absolute Gasteiger partial charge is 0.347 e. The van der Waals surface area contributed by atoms with Gasteiger partial charge in [-0.1, -0.05) is 30.3 Å². The quantitative estimate of drug-likeness (QED) is 0.373. The van der Waals surface area contributed by atoms with E-state index in [-0.39, 0.29) is 35.4 Å². The predicted octanol–water partition coefficient (Wildman–Crippen LogP) is 3.66. The molecule has 0 bridgehead atoms. The number of amides is 2. The van der Waals surface area contributed by atoms with Gasteiger partial charge >= 0.3 is 0 Å². The highest BCUT2D eigenvalue weighted by molar-refractivity contribution is 5.99. The van der Waals surface area contributed by atoms with Gasteiger partial charge in [-0.3, -0.25) is 19.4 Å². The third kappa shape index (κ3) is 4.37. The summed E-state index contributed by atoms with van der Waals surface area (Å²) in [5.41, 5.74) is 6.32. The van der Waals surface area contributed by atoms with Gasteiger partial charge in [-0.15, -0.1) is 0 Å². The second kappa shape index (κ2) is 9.54. The van der Waals surface area contributed by atoms with Crippen molar-refractivity contribution in [3.05, 3.63) is 98.7 Å². The van der Waals surface area contributed by atoms with Crippen LogP contribution >= 0.6 is 0 Å². The first-order chi connectivity index (χ1) is 18.8. The van der Waals surface area contributed by atoms with Crippen LogP contribution in [0.15, 0.2) is 47.6 Å². The monoisotopic (exact) mass is 524 g/mol. The Morgan fingerprint density at radius 3 is 2.79 bits per heavy atom. The molecule has 4 aromatic rings. The summed E-state index contributed by atoms with van der Waals surface area (Å²) in [5.74, 6) is -1.79. The van der Waals surface area contributed by atoms with Gasteiger partial charge in [0.1, 0.15) is 11.4 Å². The molecule has 0 saturated carbocycles. The average molecular weight is 525 g/mol. The summed E-state index contributed by atoms with van der Waals surface area (Å²) in [4.78, 5) is 46.8. The smallest absolute Gasteiger partial charge is 0.270 e. The Morgan fingerprint density at radius 1 is 1.13 bits per heavy atom. The van der Waals surface area contributed by atoms with Crippen LogP contribution in [-0.4, -0.2) is 38.4 Å². The van der Waals surface area contributed by atoms with Gasteiger partial charge in [0.15, 0.2) is 17.2 Å². The highest BCUT2D eigenvalue weighted by atomic mass is 19.1. The molecule has 9 nitrogen and oxygen atoms in total. The van der Waals surface area contributed by atoms with Crippen molar-refractivity contribution in [2.75, 3.05) is 0 Å². The van der Waals surface area contributed by atoms with Crippen LogP contribution in [0, 0.1) is 12.7 Å². The Kier molecular flexibility index (Phi) is 6.02. The molecule has 0 radical (unpaired) electrons. The summed E-state index contributed by atoms with van der Waals surface area (Å²) in [7, 11) is 0. The fraction of sp³-hybridized carbons (Fsp3) is 0.241. The lowest BCUT2D eigenvalue weighted by atomic mass is 9.96. The molecule has 39 heavy (non-hydrogen) atoms. The summed E-state index contributed by atoms with van der Waals surface area (Å²) in [6.07, 6.45) is 4.16. The van der Waals surface area contributed by atoms with Gasteiger partial charge in [0.25, 0.3) is 11.8 Å². The van der Waals surface area contributed by atoms with E-state index in [0.29, 0.717) is 18.5 Å². The lowest BCUT2D eigenvalue weighted by Gasteiger charge is -2.16. The topological polar surface area (TPSA) is 118 Å². The number of nitrogens with one attached hydrogen (secondary N) is 2. The molecular weight excluding hydrogens is 499 g/mol. The van der Waals surface area contributed by atoms with Crippen molar-refractivity contribution in [1.29, 1.82) is 0 Å². The predicted molar refractivity (Wildman–Crippen MR) is 142 cm³/mol. The molecule has 2 aliphatic rings. The van der Waals surface area contributed by atoms with Gasteiger partial charge in [0, 0.05) is 24.4 Å². The van der Waals surface area contributed by atoms with Crippen molar-refractivity contribution in [3.63, 3.8) is 0 Å². The van der Waals surface area contributed by atoms with E-state index in [1.165, 1.54) is 13.0 Å². The fourth-order valence-corrected chi connectivity index (χ4v) is 5.41. The number of carbonyl (C=O) groups excluding carboxylic acids is 3. The number of benzene rings is 2. The Bertz CT molecular complexity index is 1720. The summed E-state index contributed by atoms with van der Waals surface area (Å²) in [6, 6.07) is 10.5. The standard InChI is InChI=1S/C29H25FN6O3/c1-15-20(16(2)37)5-6-22-21(15)7-8-24(22)35-29(39)26-10-25(34-27-23(30)14-33-36(26)27)28(38)32-11-17-3-4-18-12-31-13-19(18)9-17/h3-6,9-10,12,14,24H,7-8,11,13H2,1-2H3,(H,32,38)(H,35,39)/t24-/m0/s1. The Hall–Kier alpha value is -4.73. The van der Waals surface area contributed by atoms with Gasteiger partial charge in [-0.25, -0.2) is 13.9 Å². The van der Waals surface area contributed by atoms with Gasteiger partial charge < -0.3 is 10.6 Å². The molecular formula is C29H25FN6O3. The molecule has 6 rings (SSSR count). The van der Waals surface area contributed by atoms with Crippen LogP contribution in [0.5, 0.6) is 0 Å². The van der Waals surface area contributed by atoms with E-state index in [4.69, 9.17) is 0 Å². The number of rotatable bonds is 6. The zero-order valence-corrected chi connectivity index (χ0v) is 21.4. The molecule has 2 aromatic carbocycles. The first kappa shape index (κ1) is 24.6. The summed E-state index contributed by atoms with van der Waals surface area (Å²) < 4.78 is 15.6. The normalized spacial score (nSPS) is 15.3. The van der Waals surface area contributed by atoms with Crippen LogP contribution in [0.3, 0.4) is 0 Å². The van der Waals surface area contributed by atoms with E-state index in [0.717, 1.165) is 50.5 Å².